The Balaban J connectivity index is 1.75. The maximum atomic E-state index is 12.7. The van der Waals surface area contributed by atoms with E-state index >= 15 is 0 Å². The molecular formula is C20H22N2O5S. The van der Waals surface area contributed by atoms with Crippen molar-refractivity contribution in [2.24, 2.45) is 0 Å². The van der Waals surface area contributed by atoms with Gasteiger partial charge in [-0.05, 0) is 42.7 Å². The third-order valence-electron chi connectivity index (χ3n) is 4.55. The summed E-state index contributed by atoms with van der Waals surface area (Å²) < 4.78 is 32.4. The summed E-state index contributed by atoms with van der Waals surface area (Å²) in [5, 5.41) is 0. The molecule has 1 amide bonds. The van der Waals surface area contributed by atoms with E-state index in [1.807, 2.05) is 0 Å². The van der Waals surface area contributed by atoms with Crippen molar-refractivity contribution in [3.8, 4) is 0 Å². The zero-order valence-corrected chi connectivity index (χ0v) is 16.4. The number of benzene rings is 2. The molecule has 1 aliphatic heterocycles. The van der Waals surface area contributed by atoms with Gasteiger partial charge in [0.1, 0.15) is 0 Å². The molecule has 1 fully saturated rings. The summed E-state index contributed by atoms with van der Waals surface area (Å²) in [6, 6.07) is 12.8. The Morgan fingerprint density at radius 2 is 1.68 bits per heavy atom. The first-order valence-electron chi connectivity index (χ1n) is 8.96. The first-order chi connectivity index (χ1) is 13.4. The lowest BCUT2D eigenvalue weighted by Crippen LogP contribution is -2.29. The zero-order valence-electron chi connectivity index (χ0n) is 15.6. The first-order valence-corrected chi connectivity index (χ1v) is 10.6. The Bertz CT molecular complexity index is 964. The number of esters is 1. The van der Waals surface area contributed by atoms with Gasteiger partial charge in [-0.2, -0.15) is 0 Å². The topological polar surface area (TPSA) is 92.8 Å². The molecule has 0 spiro atoms. The number of carbonyl (C=O) groups excluding carboxylic acids is 2. The van der Waals surface area contributed by atoms with Crippen LogP contribution in [0.1, 0.15) is 39.1 Å². The number of carbonyl (C=O) groups is 2. The van der Waals surface area contributed by atoms with Crippen LogP contribution in [0.25, 0.3) is 0 Å². The largest absolute Gasteiger partial charge is 0.465 e. The van der Waals surface area contributed by atoms with E-state index in [9.17, 15) is 18.0 Å². The van der Waals surface area contributed by atoms with Gasteiger partial charge in [0, 0.05) is 13.1 Å². The van der Waals surface area contributed by atoms with Crippen LogP contribution < -0.4 is 4.72 Å². The molecule has 0 aliphatic carbocycles. The van der Waals surface area contributed by atoms with Gasteiger partial charge < -0.3 is 9.64 Å². The molecule has 7 nitrogen and oxygen atoms in total. The minimum Gasteiger partial charge on any atom is -0.465 e. The number of sulfonamides is 1. The van der Waals surface area contributed by atoms with Crippen LogP contribution in [0.4, 0.5) is 5.69 Å². The number of methoxy groups -OCH3 is 1. The Morgan fingerprint density at radius 1 is 1.04 bits per heavy atom. The first kappa shape index (κ1) is 19.9. The molecule has 0 atom stereocenters. The lowest BCUT2D eigenvalue weighted by molar-refractivity contribution is 0.0600. The van der Waals surface area contributed by atoms with Crippen molar-refractivity contribution in [1.82, 2.24) is 4.90 Å². The summed E-state index contributed by atoms with van der Waals surface area (Å²) in [7, 11) is -2.46. The molecular weight excluding hydrogens is 380 g/mol. The van der Waals surface area contributed by atoms with Crippen molar-refractivity contribution in [2.45, 2.75) is 18.6 Å². The molecule has 1 heterocycles. The van der Waals surface area contributed by atoms with Gasteiger partial charge in [-0.3, -0.25) is 9.52 Å². The van der Waals surface area contributed by atoms with Gasteiger partial charge in [-0.25, -0.2) is 13.2 Å². The maximum absolute atomic E-state index is 12.7. The molecule has 8 heteroatoms. The average Bonchev–Trinajstić information content (AvgIpc) is 3.22. The van der Waals surface area contributed by atoms with Crippen LogP contribution in [0, 0.1) is 0 Å². The third-order valence-corrected chi connectivity index (χ3v) is 5.79. The second-order valence-electron chi connectivity index (χ2n) is 6.59. The molecule has 28 heavy (non-hydrogen) atoms. The van der Waals surface area contributed by atoms with E-state index in [4.69, 9.17) is 0 Å². The van der Waals surface area contributed by atoms with E-state index in [-0.39, 0.29) is 17.3 Å². The number of anilines is 1. The van der Waals surface area contributed by atoms with E-state index < -0.39 is 16.0 Å². The molecule has 0 radical (unpaired) electrons. The molecule has 0 bridgehead atoms. The van der Waals surface area contributed by atoms with Crippen LogP contribution in [0.2, 0.25) is 0 Å². The second kappa shape index (κ2) is 8.43. The number of amides is 1. The highest BCUT2D eigenvalue weighted by Gasteiger charge is 2.23. The van der Waals surface area contributed by atoms with Gasteiger partial charge in [-0.15, -0.1) is 0 Å². The summed E-state index contributed by atoms with van der Waals surface area (Å²) in [6.07, 6.45) is 1.92. The molecule has 2 aromatic rings. The summed E-state index contributed by atoms with van der Waals surface area (Å²) in [5.41, 5.74) is 1.47. The minimum absolute atomic E-state index is 0.168. The number of nitrogens with one attached hydrogen (secondary N) is 1. The van der Waals surface area contributed by atoms with Crippen molar-refractivity contribution >= 4 is 27.6 Å². The number of hydrogen-bond donors (Lipinski definition) is 1. The minimum atomic E-state index is -3.74. The highest BCUT2D eigenvalue weighted by molar-refractivity contribution is 7.91. The number of hydrogen-bond acceptors (Lipinski definition) is 5. The molecule has 1 aliphatic rings. The van der Waals surface area contributed by atoms with Gasteiger partial charge >= 0.3 is 5.97 Å². The summed E-state index contributed by atoms with van der Waals surface area (Å²) >= 11 is 0. The van der Waals surface area contributed by atoms with Crippen molar-refractivity contribution in [1.29, 1.82) is 0 Å². The van der Waals surface area contributed by atoms with Crippen molar-refractivity contribution < 1.29 is 22.7 Å². The molecule has 1 saturated heterocycles. The van der Waals surface area contributed by atoms with Gasteiger partial charge in [0.2, 0.25) is 10.0 Å². The summed E-state index contributed by atoms with van der Waals surface area (Å²) in [4.78, 5) is 25.9. The lowest BCUT2D eigenvalue weighted by Gasteiger charge is -2.18. The highest BCUT2D eigenvalue weighted by atomic mass is 32.2. The number of rotatable bonds is 6. The van der Waals surface area contributed by atoms with E-state index in [0.717, 1.165) is 12.8 Å². The highest BCUT2D eigenvalue weighted by Crippen LogP contribution is 2.22. The SMILES string of the molecule is COC(=O)c1ccc(CS(=O)(=O)Nc2ccccc2C(=O)N2CCCC2)cc1. The van der Waals surface area contributed by atoms with E-state index in [1.54, 1.807) is 41.3 Å². The Morgan fingerprint density at radius 3 is 2.32 bits per heavy atom. The second-order valence-corrected chi connectivity index (χ2v) is 8.32. The summed E-state index contributed by atoms with van der Waals surface area (Å²) in [5.74, 6) is -0.930. The van der Waals surface area contributed by atoms with Crippen LogP contribution in [0.15, 0.2) is 48.5 Å². The van der Waals surface area contributed by atoms with Crippen LogP contribution in [-0.4, -0.2) is 45.4 Å². The van der Waals surface area contributed by atoms with Crippen LogP contribution in [0.5, 0.6) is 0 Å². The summed E-state index contributed by atoms with van der Waals surface area (Å²) in [6.45, 7) is 1.37. The fourth-order valence-corrected chi connectivity index (χ4v) is 4.34. The number of nitrogens with zero attached hydrogens (tertiary/aromatic N) is 1. The lowest BCUT2D eigenvalue weighted by atomic mass is 10.1. The molecule has 0 aromatic heterocycles. The third kappa shape index (κ3) is 4.69. The number of ether oxygens (including phenoxy) is 1. The van der Waals surface area contributed by atoms with E-state index in [1.165, 1.54) is 19.2 Å². The normalized spacial score (nSPS) is 14.0. The van der Waals surface area contributed by atoms with Crippen LogP contribution >= 0.6 is 0 Å². The van der Waals surface area contributed by atoms with E-state index in [0.29, 0.717) is 29.8 Å². The van der Waals surface area contributed by atoms with Crippen molar-refractivity contribution in [2.75, 3.05) is 24.9 Å². The predicted octanol–water partition coefficient (Wildman–Crippen LogP) is 2.65. The predicted molar refractivity (Wildman–Crippen MR) is 106 cm³/mol. The van der Waals surface area contributed by atoms with Crippen molar-refractivity contribution in [3.05, 3.63) is 65.2 Å². The Kier molecular flexibility index (Phi) is 5.99. The smallest absolute Gasteiger partial charge is 0.337 e. The Labute approximate surface area is 164 Å². The van der Waals surface area contributed by atoms with Gasteiger partial charge in [-0.1, -0.05) is 24.3 Å². The molecule has 0 unspecified atom stereocenters. The van der Waals surface area contributed by atoms with Crippen LogP contribution in [-0.2, 0) is 20.5 Å². The fraction of sp³-hybridized carbons (Fsp3) is 0.300. The quantitative estimate of drug-likeness (QED) is 0.750. The maximum Gasteiger partial charge on any atom is 0.337 e. The molecule has 1 N–H and O–H groups in total. The average molecular weight is 402 g/mol. The zero-order chi connectivity index (χ0) is 20.1. The molecule has 0 saturated carbocycles. The standard InChI is InChI=1S/C20H22N2O5S/c1-27-20(24)16-10-8-15(9-11-16)14-28(25,26)21-18-7-3-2-6-17(18)19(23)22-12-4-5-13-22/h2-3,6-11,21H,4-5,12-14H2,1H3. The Hall–Kier alpha value is -2.87. The molecule has 2 aromatic carbocycles. The van der Waals surface area contributed by atoms with Gasteiger partial charge in [0.25, 0.3) is 5.91 Å². The molecule has 3 rings (SSSR count). The molecule has 148 valence electrons. The van der Waals surface area contributed by atoms with Gasteiger partial charge in [0.05, 0.1) is 29.7 Å². The van der Waals surface area contributed by atoms with Crippen molar-refractivity contribution in [3.63, 3.8) is 0 Å². The monoisotopic (exact) mass is 402 g/mol. The number of para-hydroxylation sites is 1. The fourth-order valence-electron chi connectivity index (χ4n) is 3.13. The van der Waals surface area contributed by atoms with E-state index in [2.05, 4.69) is 9.46 Å². The van der Waals surface area contributed by atoms with Gasteiger partial charge in [0.15, 0.2) is 0 Å². The van der Waals surface area contributed by atoms with Crippen LogP contribution in [0.3, 0.4) is 0 Å². The number of likely N-dealkylation sites (tertiary alicyclic amines) is 1.